The van der Waals surface area contributed by atoms with Crippen LogP contribution in [0, 0.1) is 6.42 Å². The molecule has 4 aromatic rings. The molecule has 1 aliphatic heterocycles. The molecule has 1 fully saturated rings. The summed E-state index contributed by atoms with van der Waals surface area (Å²) in [5, 5.41) is 1.28. The molecule has 1 aromatic heterocycles. The summed E-state index contributed by atoms with van der Waals surface area (Å²) in [6, 6.07) is 25.9. The van der Waals surface area contributed by atoms with Gasteiger partial charge in [0.15, 0.2) is 0 Å². The first-order valence-corrected chi connectivity index (χ1v) is 15.2. The summed E-state index contributed by atoms with van der Waals surface area (Å²) in [5.41, 5.74) is 10.0. The Morgan fingerprint density at radius 3 is 2.29 bits per heavy atom. The molecule has 5 heteroatoms. The molecule has 6 rings (SSSR count). The Morgan fingerprint density at radius 2 is 1.61 bits per heavy atom. The first kappa shape index (κ1) is 29.1. The lowest BCUT2D eigenvalue weighted by Crippen LogP contribution is -2.46. The van der Waals surface area contributed by atoms with Crippen LogP contribution < -0.4 is 10.4 Å². The maximum atomic E-state index is 5.90. The molecular formula is C36H42BN4. The lowest BCUT2D eigenvalue weighted by molar-refractivity contribution is 0.250. The molecule has 1 saturated heterocycles. The largest absolute Gasteiger partial charge is 0.369 e. The minimum absolute atomic E-state index is 0.818. The molecule has 0 N–H and O–H groups in total. The molecule has 0 atom stereocenters. The van der Waals surface area contributed by atoms with Gasteiger partial charge in [0.2, 0.25) is 0 Å². The number of benzene rings is 3. The van der Waals surface area contributed by atoms with E-state index < -0.39 is 0 Å². The van der Waals surface area contributed by atoms with E-state index in [1.165, 1.54) is 38.9 Å². The summed E-state index contributed by atoms with van der Waals surface area (Å²) < 4.78 is 0. The van der Waals surface area contributed by atoms with Crippen LogP contribution in [0.1, 0.15) is 43.0 Å². The zero-order chi connectivity index (χ0) is 28.6. The van der Waals surface area contributed by atoms with E-state index in [0.29, 0.717) is 0 Å². The molecule has 0 bridgehead atoms. The van der Waals surface area contributed by atoms with Crippen molar-refractivity contribution in [2.75, 3.05) is 44.2 Å². The van der Waals surface area contributed by atoms with Crippen molar-refractivity contribution in [2.45, 2.75) is 40.3 Å². The van der Waals surface area contributed by atoms with Gasteiger partial charge in [-0.25, -0.2) is 0 Å². The van der Waals surface area contributed by atoms with Gasteiger partial charge in [0.25, 0.3) is 0 Å². The van der Waals surface area contributed by atoms with Crippen LogP contribution in [0.15, 0.2) is 85.1 Å². The Labute approximate surface area is 248 Å². The number of aromatic nitrogens is 1. The normalized spacial score (nSPS) is 15.0. The molecule has 209 valence electrons. The van der Waals surface area contributed by atoms with Crippen LogP contribution in [-0.4, -0.2) is 61.9 Å². The third kappa shape index (κ3) is 7.27. The quantitative estimate of drug-likeness (QED) is 0.228. The van der Waals surface area contributed by atoms with E-state index in [4.69, 9.17) is 12.8 Å². The number of allylic oxidation sites excluding steroid dienone is 2. The number of fused-ring (bicyclic) bond motifs is 1. The van der Waals surface area contributed by atoms with Gasteiger partial charge in [-0.1, -0.05) is 86.9 Å². The number of likely N-dealkylation sites (N-methyl/N-ethyl adjacent to an activating group) is 1. The molecule has 4 nitrogen and oxygen atoms in total. The summed E-state index contributed by atoms with van der Waals surface area (Å²) in [6.07, 6.45) is 7.46. The van der Waals surface area contributed by atoms with E-state index in [0.717, 1.165) is 69.8 Å². The van der Waals surface area contributed by atoms with Crippen molar-refractivity contribution >= 4 is 35.5 Å². The fraction of sp³-hybridized carbons (Fsp3) is 0.333. The second kappa shape index (κ2) is 14.0. The van der Waals surface area contributed by atoms with Crippen LogP contribution in [0.2, 0.25) is 0 Å². The highest BCUT2D eigenvalue weighted by Crippen LogP contribution is 2.38. The van der Waals surface area contributed by atoms with E-state index in [2.05, 4.69) is 94.8 Å². The predicted molar refractivity (Wildman–Crippen MR) is 176 cm³/mol. The molecule has 0 amide bonds. The van der Waals surface area contributed by atoms with Crippen LogP contribution in [0.4, 0.5) is 5.69 Å². The lowest BCUT2D eigenvalue weighted by atomic mass is 9.95. The van der Waals surface area contributed by atoms with Gasteiger partial charge in [0.1, 0.15) is 7.85 Å². The molecule has 2 heterocycles. The van der Waals surface area contributed by atoms with Crippen molar-refractivity contribution in [1.82, 2.24) is 14.8 Å². The maximum absolute atomic E-state index is 5.90. The Bertz CT molecular complexity index is 1440. The van der Waals surface area contributed by atoms with Gasteiger partial charge in [0, 0.05) is 75.1 Å². The number of pyridine rings is 1. The summed E-state index contributed by atoms with van der Waals surface area (Å²) in [5.74, 6) is 0. The minimum Gasteiger partial charge on any atom is -0.369 e. The standard InChI is InChI=1S/C34H36BN4.C2H6/c1-2-37(18-16-26-7-4-3-5-8-26)25-29-23-28(32-9-6-17-36-34(32)33(29)27-10-11-27)24-38-19-21-39(22-20-38)31-14-12-30(35)13-15-31;1-2/h3-15,17,23H,2,16,18-22,24-25H2,1H3;1-2H3. The van der Waals surface area contributed by atoms with Crippen LogP contribution in [-0.2, 0) is 19.5 Å². The van der Waals surface area contributed by atoms with Crippen molar-refractivity contribution in [1.29, 1.82) is 0 Å². The summed E-state index contributed by atoms with van der Waals surface area (Å²) in [6.45, 7) is 14.4. The third-order valence-electron chi connectivity index (χ3n) is 8.11. The zero-order valence-corrected chi connectivity index (χ0v) is 24.9. The van der Waals surface area contributed by atoms with Crippen molar-refractivity contribution in [2.24, 2.45) is 0 Å². The monoisotopic (exact) mass is 541 g/mol. The minimum atomic E-state index is 0.818. The fourth-order valence-electron chi connectivity index (χ4n) is 5.77. The Hall–Kier alpha value is -3.41. The molecule has 0 unspecified atom stereocenters. The van der Waals surface area contributed by atoms with Gasteiger partial charge in [-0.3, -0.25) is 14.8 Å². The van der Waals surface area contributed by atoms with E-state index in [1.807, 2.05) is 32.2 Å². The maximum Gasteiger partial charge on any atom is 0.113 e. The van der Waals surface area contributed by atoms with Gasteiger partial charge in [0.05, 0.1) is 5.52 Å². The van der Waals surface area contributed by atoms with Crippen LogP contribution in [0.5, 0.6) is 0 Å². The van der Waals surface area contributed by atoms with Gasteiger partial charge >= 0.3 is 0 Å². The smallest absolute Gasteiger partial charge is 0.113 e. The molecule has 3 radical (unpaired) electrons. The first-order chi connectivity index (χ1) is 20.2. The Morgan fingerprint density at radius 1 is 0.878 bits per heavy atom. The highest BCUT2D eigenvalue weighted by atomic mass is 15.3. The predicted octanol–water partition coefficient (Wildman–Crippen LogP) is 6.04. The number of piperazine rings is 1. The summed E-state index contributed by atoms with van der Waals surface area (Å²) in [4.78, 5) is 12.5. The Balaban J connectivity index is 0.00000165. The molecule has 1 aliphatic carbocycles. The van der Waals surface area contributed by atoms with Crippen molar-refractivity contribution < 1.29 is 0 Å². The molecule has 0 spiro atoms. The Kier molecular flexibility index (Phi) is 9.92. The van der Waals surface area contributed by atoms with Gasteiger partial charge in [-0.05, 0) is 53.4 Å². The highest BCUT2D eigenvalue weighted by Gasteiger charge is 2.24. The molecule has 0 saturated carbocycles. The zero-order valence-electron chi connectivity index (χ0n) is 24.9. The van der Waals surface area contributed by atoms with E-state index >= 15 is 0 Å². The number of anilines is 1. The van der Waals surface area contributed by atoms with Crippen molar-refractivity contribution in [3.63, 3.8) is 0 Å². The van der Waals surface area contributed by atoms with Gasteiger partial charge < -0.3 is 4.90 Å². The number of rotatable bonds is 10. The molecule has 41 heavy (non-hydrogen) atoms. The van der Waals surface area contributed by atoms with Crippen molar-refractivity contribution in [3.05, 3.63) is 114 Å². The highest BCUT2D eigenvalue weighted by molar-refractivity contribution is 6.32. The van der Waals surface area contributed by atoms with Crippen molar-refractivity contribution in [3.8, 4) is 0 Å². The molecule has 2 aliphatic rings. The molecular weight excluding hydrogens is 499 g/mol. The number of hydrogen-bond donors (Lipinski definition) is 0. The van der Waals surface area contributed by atoms with Gasteiger partial charge in [-0.2, -0.15) is 0 Å². The SMILES string of the molecule is CC.[B]c1ccc(N2CCN(Cc3cc(CN(CC)CCc4ccccc4)c(C4=C[CH]4)c4ncccc34)CC2)cc1. The fourth-order valence-corrected chi connectivity index (χ4v) is 5.77. The number of hydrogen-bond acceptors (Lipinski definition) is 4. The van der Waals surface area contributed by atoms with E-state index in [-0.39, 0.29) is 0 Å². The van der Waals surface area contributed by atoms with E-state index in [9.17, 15) is 0 Å². The van der Waals surface area contributed by atoms with Gasteiger partial charge in [-0.15, -0.1) is 0 Å². The third-order valence-corrected chi connectivity index (χ3v) is 8.11. The average Bonchev–Trinajstić information content (AvgIpc) is 3.87. The van der Waals surface area contributed by atoms with E-state index in [1.54, 1.807) is 0 Å². The average molecular weight is 542 g/mol. The second-order valence-corrected chi connectivity index (χ2v) is 10.7. The molecule has 3 aromatic carbocycles. The second-order valence-electron chi connectivity index (χ2n) is 10.7. The topological polar surface area (TPSA) is 22.6 Å². The summed E-state index contributed by atoms with van der Waals surface area (Å²) in [7, 11) is 5.90. The van der Waals surface area contributed by atoms with Crippen LogP contribution in [0.25, 0.3) is 16.5 Å². The summed E-state index contributed by atoms with van der Waals surface area (Å²) >= 11 is 0. The first-order valence-electron chi connectivity index (χ1n) is 15.2. The van der Waals surface area contributed by atoms with Crippen LogP contribution in [0.3, 0.4) is 0 Å². The lowest BCUT2D eigenvalue weighted by Gasteiger charge is -2.36. The number of nitrogens with zero attached hydrogens (tertiary/aromatic N) is 4. The van der Waals surface area contributed by atoms with Crippen LogP contribution >= 0.6 is 0 Å².